The molecule has 0 spiro atoms. The van der Waals surface area contributed by atoms with E-state index < -0.39 is 0 Å². The average Bonchev–Trinajstić information content (AvgIpc) is 2.09. The van der Waals surface area contributed by atoms with Crippen LogP contribution >= 0.6 is 0 Å². The molecule has 0 heterocycles. The number of nitrogens with zero attached hydrogens (tertiary/aromatic N) is 1. The van der Waals surface area contributed by atoms with E-state index >= 15 is 0 Å². The van der Waals surface area contributed by atoms with Crippen LogP contribution in [0.3, 0.4) is 0 Å². The van der Waals surface area contributed by atoms with Crippen molar-refractivity contribution in [3.8, 4) is 0 Å². The van der Waals surface area contributed by atoms with Crippen LogP contribution in [-0.2, 0) is 4.79 Å². The predicted molar refractivity (Wildman–Crippen MR) is 64.9 cm³/mol. The summed E-state index contributed by atoms with van der Waals surface area (Å²) in [4.78, 5) is 13.6. The lowest BCUT2D eigenvalue weighted by Crippen LogP contribution is -2.39. The minimum absolute atomic E-state index is 0.144. The number of hydrogen-bond acceptors (Lipinski definition) is 2. The smallest absolute Gasteiger partial charge is 0.220 e. The topological polar surface area (TPSA) is 32.3 Å². The van der Waals surface area contributed by atoms with E-state index in [0.717, 1.165) is 25.9 Å². The summed E-state index contributed by atoms with van der Waals surface area (Å²) in [5.41, 5.74) is 0.144. The third-order valence-electron chi connectivity index (χ3n) is 2.27. The van der Waals surface area contributed by atoms with E-state index in [1.54, 1.807) is 0 Å². The summed E-state index contributed by atoms with van der Waals surface area (Å²) < 4.78 is 0. The highest BCUT2D eigenvalue weighted by molar-refractivity contribution is 5.75. The molecular formula is C12H26N2O. The fraction of sp³-hybridized carbons (Fsp3) is 0.917. The summed E-state index contributed by atoms with van der Waals surface area (Å²) >= 11 is 0. The number of hydrogen-bond donors (Lipinski definition) is 1. The van der Waals surface area contributed by atoms with Crippen LogP contribution in [0.1, 0.15) is 40.0 Å². The van der Waals surface area contributed by atoms with Crippen LogP contribution in [0.2, 0.25) is 0 Å². The maximum Gasteiger partial charge on any atom is 0.220 e. The van der Waals surface area contributed by atoms with Gasteiger partial charge in [-0.15, -0.1) is 0 Å². The van der Waals surface area contributed by atoms with Crippen molar-refractivity contribution in [3.05, 3.63) is 0 Å². The molecule has 0 aliphatic rings. The second-order valence-electron chi connectivity index (χ2n) is 5.28. The zero-order chi connectivity index (χ0) is 11.9. The van der Waals surface area contributed by atoms with Gasteiger partial charge in [-0.25, -0.2) is 0 Å². The standard InChI is InChI=1S/C12H26N2O/c1-6-7-8-11(15)13-9-12(2,3)10-14(4)5/h6-10H2,1-5H3,(H,13,15). The summed E-state index contributed by atoms with van der Waals surface area (Å²) in [5.74, 6) is 0.184. The van der Waals surface area contributed by atoms with E-state index in [1.165, 1.54) is 0 Å². The fourth-order valence-electron chi connectivity index (χ4n) is 1.68. The molecule has 90 valence electrons. The van der Waals surface area contributed by atoms with Crippen molar-refractivity contribution in [1.82, 2.24) is 10.2 Å². The predicted octanol–water partition coefficient (Wildman–Crippen LogP) is 1.88. The lowest BCUT2D eigenvalue weighted by molar-refractivity contribution is -0.121. The van der Waals surface area contributed by atoms with Gasteiger partial charge in [-0.2, -0.15) is 0 Å². The minimum Gasteiger partial charge on any atom is -0.356 e. The molecule has 0 saturated carbocycles. The van der Waals surface area contributed by atoms with Crippen LogP contribution in [-0.4, -0.2) is 38.0 Å². The Hall–Kier alpha value is -0.570. The Balaban J connectivity index is 3.77. The highest BCUT2D eigenvalue weighted by atomic mass is 16.1. The van der Waals surface area contributed by atoms with Crippen molar-refractivity contribution in [1.29, 1.82) is 0 Å². The number of unbranched alkanes of at least 4 members (excludes halogenated alkanes) is 1. The van der Waals surface area contributed by atoms with Crippen LogP contribution in [0.15, 0.2) is 0 Å². The van der Waals surface area contributed by atoms with Crippen LogP contribution in [0, 0.1) is 5.41 Å². The second kappa shape index (κ2) is 6.83. The van der Waals surface area contributed by atoms with E-state index in [4.69, 9.17) is 0 Å². The maximum absolute atomic E-state index is 11.4. The number of rotatable bonds is 7. The molecule has 15 heavy (non-hydrogen) atoms. The Morgan fingerprint density at radius 3 is 2.40 bits per heavy atom. The van der Waals surface area contributed by atoms with Crippen molar-refractivity contribution < 1.29 is 4.79 Å². The van der Waals surface area contributed by atoms with Crippen LogP contribution < -0.4 is 5.32 Å². The van der Waals surface area contributed by atoms with Crippen molar-refractivity contribution in [3.63, 3.8) is 0 Å². The van der Waals surface area contributed by atoms with E-state index in [-0.39, 0.29) is 11.3 Å². The van der Waals surface area contributed by atoms with Gasteiger partial charge >= 0.3 is 0 Å². The third kappa shape index (κ3) is 8.43. The summed E-state index contributed by atoms with van der Waals surface area (Å²) in [6.07, 6.45) is 2.73. The molecule has 0 aliphatic carbocycles. The van der Waals surface area contributed by atoms with Crippen LogP contribution in [0.4, 0.5) is 0 Å². The normalized spacial score (nSPS) is 11.9. The molecule has 0 aliphatic heterocycles. The van der Waals surface area contributed by atoms with Crippen LogP contribution in [0.25, 0.3) is 0 Å². The highest BCUT2D eigenvalue weighted by Crippen LogP contribution is 2.14. The zero-order valence-corrected chi connectivity index (χ0v) is 10.9. The number of nitrogens with one attached hydrogen (secondary N) is 1. The van der Waals surface area contributed by atoms with Gasteiger partial charge < -0.3 is 10.2 Å². The Morgan fingerprint density at radius 2 is 1.93 bits per heavy atom. The molecule has 3 nitrogen and oxygen atoms in total. The Bertz CT molecular complexity index is 188. The van der Waals surface area contributed by atoms with Gasteiger partial charge in [-0.1, -0.05) is 27.2 Å². The molecule has 0 fully saturated rings. The summed E-state index contributed by atoms with van der Waals surface area (Å²) in [6, 6.07) is 0. The first kappa shape index (κ1) is 14.4. The molecule has 3 heteroatoms. The number of carbonyl (C=O) groups excluding carboxylic acids is 1. The van der Waals surface area contributed by atoms with Gasteiger partial charge in [0.05, 0.1) is 0 Å². The first-order valence-electron chi connectivity index (χ1n) is 5.79. The van der Waals surface area contributed by atoms with Gasteiger partial charge in [0.15, 0.2) is 0 Å². The Labute approximate surface area is 94.2 Å². The van der Waals surface area contributed by atoms with Gasteiger partial charge in [0.25, 0.3) is 0 Å². The van der Waals surface area contributed by atoms with Gasteiger partial charge in [-0.3, -0.25) is 4.79 Å². The van der Waals surface area contributed by atoms with E-state index in [2.05, 4.69) is 45.1 Å². The Kier molecular flexibility index (Phi) is 6.57. The average molecular weight is 214 g/mol. The van der Waals surface area contributed by atoms with E-state index in [9.17, 15) is 4.79 Å². The summed E-state index contributed by atoms with van der Waals surface area (Å²) in [7, 11) is 4.11. The molecule has 0 unspecified atom stereocenters. The molecule has 1 N–H and O–H groups in total. The highest BCUT2D eigenvalue weighted by Gasteiger charge is 2.19. The molecule has 0 rings (SSSR count). The molecule has 0 radical (unpaired) electrons. The van der Waals surface area contributed by atoms with Crippen LogP contribution in [0.5, 0.6) is 0 Å². The van der Waals surface area contributed by atoms with Gasteiger partial charge in [0.2, 0.25) is 5.91 Å². The lowest BCUT2D eigenvalue weighted by atomic mass is 9.93. The van der Waals surface area contributed by atoms with Crippen molar-refractivity contribution in [2.75, 3.05) is 27.2 Å². The van der Waals surface area contributed by atoms with Crippen molar-refractivity contribution in [2.45, 2.75) is 40.0 Å². The molecular weight excluding hydrogens is 188 g/mol. The van der Waals surface area contributed by atoms with Gasteiger partial charge in [-0.05, 0) is 25.9 Å². The molecule has 0 saturated heterocycles. The first-order valence-corrected chi connectivity index (χ1v) is 5.79. The minimum atomic E-state index is 0.144. The van der Waals surface area contributed by atoms with Gasteiger partial charge in [0, 0.05) is 19.5 Å². The number of carbonyl (C=O) groups is 1. The maximum atomic E-state index is 11.4. The quantitative estimate of drug-likeness (QED) is 0.702. The number of amides is 1. The SMILES string of the molecule is CCCCC(=O)NCC(C)(C)CN(C)C. The second-order valence-corrected chi connectivity index (χ2v) is 5.28. The summed E-state index contributed by atoms with van der Waals surface area (Å²) in [5, 5.41) is 3.00. The largest absolute Gasteiger partial charge is 0.356 e. The summed E-state index contributed by atoms with van der Waals surface area (Å²) in [6.45, 7) is 8.19. The fourth-order valence-corrected chi connectivity index (χ4v) is 1.68. The van der Waals surface area contributed by atoms with Crippen molar-refractivity contribution >= 4 is 5.91 Å². The molecule has 1 amide bonds. The van der Waals surface area contributed by atoms with Gasteiger partial charge in [0.1, 0.15) is 0 Å². The van der Waals surface area contributed by atoms with Crippen molar-refractivity contribution in [2.24, 2.45) is 5.41 Å². The van der Waals surface area contributed by atoms with E-state index in [1.807, 2.05) is 0 Å². The Morgan fingerprint density at radius 1 is 1.33 bits per heavy atom. The monoisotopic (exact) mass is 214 g/mol. The molecule has 0 bridgehead atoms. The molecule has 0 aromatic heterocycles. The first-order chi connectivity index (χ1) is 6.87. The van der Waals surface area contributed by atoms with E-state index in [0.29, 0.717) is 6.42 Å². The molecule has 0 aromatic carbocycles. The third-order valence-corrected chi connectivity index (χ3v) is 2.27. The lowest BCUT2D eigenvalue weighted by Gasteiger charge is -2.28. The molecule has 0 aromatic rings. The zero-order valence-electron chi connectivity index (χ0n) is 10.9. The molecule has 0 atom stereocenters.